The van der Waals surface area contributed by atoms with E-state index in [1.165, 1.54) is 0 Å². The number of nitrogens with zero attached hydrogens (tertiary/aromatic N) is 1. The predicted octanol–water partition coefficient (Wildman–Crippen LogP) is 3.11. The van der Waals surface area contributed by atoms with E-state index in [0.717, 1.165) is 11.8 Å². The first kappa shape index (κ1) is 12.7. The molecule has 1 rings (SSSR count). The molecular weight excluding hydrogens is 194 g/mol. The van der Waals surface area contributed by atoms with Crippen molar-refractivity contribution in [1.29, 1.82) is 5.26 Å². The van der Waals surface area contributed by atoms with Crippen LogP contribution in [0.15, 0.2) is 30.3 Å². The monoisotopic (exact) mass is 207 g/mol. The molecule has 0 heterocycles. The van der Waals surface area contributed by atoms with Crippen LogP contribution >= 0.6 is 11.8 Å². The largest absolute Gasteiger partial charge is 0.293 e. The lowest BCUT2D eigenvalue weighted by Gasteiger charge is -1.94. The summed E-state index contributed by atoms with van der Waals surface area (Å²) in [5.74, 6) is 0.239. The number of ketones is 1. The molecule has 0 aliphatic rings. The van der Waals surface area contributed by atoms with Gasteiger partial charge >= 0.3 is 0 Å². The van der Waals surface area contributed by atoms with Crippen LogP contribution in [0.4, 0.5) is 0 Å². The summed E-state index contributed by atoms with van der Waals surface area (Å²) in [6, 6.07) is 8.98. The molecule has 0 fully saturated rings. The van der Waals surface area contributed by atoms with Crippen molar-refractivity contribution in [1.82, 2.24) is 0 Å². The van der Waals surface area contributed by atoms with Gasteiger partial charge in [0.2, 0.25) is 0 Å². The molecule has 0 N–H and O–H groups in total. The topological polar surface area (TPSA) is 40.9 Å². The second kappa shape index (κ2) is 8.33. The lowest BCUT2D eigenvalue weighted by Crippen LogP contribution is -2.00. The summed E-state index contributed by atoms with van der Waals surface area (Å²) in [6.45, 7) is 4.00. The molecule has 74 valence electrons. The van der Waals surface area contributed by atoms with Crippen LogP contribution in [0.25, 0.3) is 0 Å². The van der Waals surface area contributed by atoms with Crippen LogP contribution in [-0.4, -0.2) is 11.5 Å². The molecule has 0 saturated carbocycles. The Labute approximate surface area is 88.9 Å². The Morgan fingerprint density at radius 2 is 1.93 bits per heavy atom. The molecule has 0 aliphatic heterocycles. The van der Waals surface area contributed by atoms with Gasteiger partial charge in [0.1, 0.15) is 5.40 Å². The fraction of sp³-hybridized carbons (Fsp3) is 0.273. The van der Waals surface area contributed by atoms with E-state index in [0.29, 0.717) is 5.56 Å². The third-order valence-electron chi connectivity index (χ3n) is 1.36. The van der Waals surface area contributed by atoms with E-state index in [2.05, 4.69) is 0 Å². The molecule has 1 aromatic carbocycles. The van der Waals surface area contributed by atoms with Gasteiger partial charge in [0, 0.05) is 5.56 Å². The summed E-state index contributed by atoms with van der Waals surface area (Å²) in [6.07, 6.45) is 0. The van der Waals surface area contributed by atoms with Crippen LogP contribution in [0, 0.1) is 10.7 Å². The summed E-state index contributed by atoms with van der Waals surface area (Å²) in [4.78, 5) is 11.2. The maximum absolute atomic E-state index is 11.2. The molecule has 0 radical (unpaired) electrons. The molecular formula is C11H13NOS. The molecule has 1 aromatic rings. The molecule has 0 bridgehead atoms. The third kappa shape index (κ3) is 4.68. The van der Waals surface area contributed by atoms with E-state index in [1.54, 1.807) is 12.1 Å². The number of carbonyl (C=O) groups is 1. The number of Topliss-reactive ketones (excluding diaryl/α,β-unsaturated/α-hetero) is 1. The Morgan fingerprint density at radius 1 is 1.36 bits per heavy atom. The Kier molecular flexibility index (Phi) is 7.58. The summed E-state index contributed by atoms with van der Waals surface area (Å²) < 4.78 is 0. The number of carbonyl (C=O) groups excluding carboxylic acids is 1. The fourth-order valence-corrected chi connectivity index (χ4v) is 1.17. The highest BCUT2D eigenvalue weighted by Gasteiger charge is 2.03. The van der Waals surface area contributed by atoms with Crippen LogP contribution in [0.5, 0.6) is 0 Å². The van der Waals surface area contributed by atoms with Crippen molar-refractivity contribution < 1.29 is 4.79 Å². The predicted molar refractivity (Wildman–Crippen MR) is 60.2 cm³/mol. The molecule has 0 aromatic heterocycles. The van der Waals surface area contributed by atoms with E-state index in [1.807, 2.05) is 37.4 Å². The van der Waals surface area contributed by atoms with Gasteiger partial charge in [-0.3, -0.25) is 4.79 Å². The van der Waals surface area contributed by atoms with Crippen molar-refractivity contribution in [2.75, 3.05) is 5.75 Å². The molecule has 0 atom stereocenters. The highest BCUT2D eigenvalue weighted by atomic mass is 32.2. The van der Waals surface area contributed by atoms with Crippen LogP contribution in [0.1, 0.15) is 24.2 Å². The number of benzene rings is 1. The Hall–Kier alpha value is -1.27. The lowest BCUT2D eigenvalue weighted by molar-refractivity contribution is 0.102. The van der Waals surface area contributed by atoms with Crippen LogP contribution in [0.2, 0.25) is 0 Å². The van der Waals surface area contributed by atoms with Gasteiger partial charge in [-0.2, -0.15) is 5.26 Å². The number of nitriles is 1. The lowest BCUT2D eigenvalue weighted by atomic mass is 10.2. The minimum Gasteiger partial charge on any atom is -0.293 e. The number of rotatable bonds is 3. The second-order valence-corrected chi connectivity index (χ2v) is 2.93. The van der Waals surface area contributed by atoms with E-state index in [-0.39, 0.29) is 11.5 Å². The Morgan fingerprint density at radius 3 is 2.43 bits per heavy atom. The van der Waals surface area contributed by atoms with Gasteiger partial charge < -0.3 is 0 Å². The summed E-state index contributed by atoms with van der Waals surface area (Å²) in [5.41, 5.74) is 0.667. The van der Waals surface area contributed by atoms with Gasteiger partial charge in [-0.05, 0) is 11.8 Å². The number of hydrogen-bond donors (Lipinski definition) is 0. The molecule has 3 heteroatoms. The first-order valence-electron chi connectivity index (χ1n) is 4.43. The van der Waals surface area contributed by atoms with E-state index < -0.39 is 0 Å². The van der Waals surface area contributed by atoms with Crippen LogP contribution < -0.4 is 0 Å². The Balaban J connectivity index is 0.000000791. The third-order valence-corrected chi connectivity index (χ3v) is 1.90. The molecule has 0 saturated heterocycles. The SMILES string of the molecule is CC.N#CSCC(=O)c1ccccc1. The van der Waals surface area contributed by atoms with Gasteiger partial charge in [-0.15, -0.1) is 0 Å². The minimum atomic E-state index is 0.00199. The van der Waals surface area contributed by atoms with E-state index in [9.17, 15) is 4.79 Å². The first-order valence-corrected chi connectivity index (χ1v) is 5.42. The normalized spacial score (nSPS) is 8.07. The number of thioether (sulfide) groups is 1. The first-order chi connectivity index (χ1) is 6.84. The number of hydrogen-bond acceptors (Lipinski definition) is 3. The van der Waals surface area contributed by atoms with Gasteiger partial charge in [0.15, 0.2) is 5.78 Å². The van der Waals surface area contributed by atoms with Crippen molar-refractivity contribution in [2.45, 2.75) is 13.8 Å². The molecule has 2 nitrogen and oxygen atoms in total. The average molecular weight is 207 g/mol. The molecule has 0 aliphatic carbocycles. The van der Waals surface area contributed by atoms with Crippen molar-refractivity contribution in [3.05, 3.63) is 35.9 Å². The zero-order valence-corrected chi connectivity index (χ0v) is 9.17. The van der Waals surface area contributed by atoms with Gasteiger partial charge in [0.25, 0.3) is 0 Å². The van der Waals surface area contributed by atoms with Gasteiger partial charge in [-0.25, -0.2) is 0 Å². The van der Waals surface area contributed by atoms with Crippen molar-refractivity contribution in [3.8, 4) is 5.40 Å². The van der Waals surface area contributed by atoms with Crippen LogP contribution in [-0.2, 0) is 0 Å². The highest BCUT2D eigenvalue weighted by molar-refractivity contribution is 8.04. The van der Waals surface area contributed by atoms with E-state index in [4.69, 9.17) is 5.26 Å². The molecule has 0 amide bonds. The maximum Gasteiger partial charge on any atom is 0.173 e. The molecule has 0 spiro atoms. The van der Waals surface area contributed by atoms with Gasteiger partial charge in [0.05, 0.1) is 5.75 Å². The van der Waals surface area contributed by atoms with E-state index >= 15 is 0 Å². The summed E-state index contributed by atoms with van der Waals surface area (Å²) >= 11 is 0.967. The smallest absolute Gasteiger partial charge is 0.173 e. The van der Waals surface area contributed by atoms with Crippen molar-refractivity contribution in [3.63, 3.8) is 0 Å². The second-order valence-electron chi connectivity index (χ2n) is 2.17. The Bertz CT molecular complexity index is 303. The maximum atomic E-state index is 11.2. The highest BCUT2D eigenvalue weighted by Crippen LogP contribution is 2.05. The molecule has 14 heavy (non-hydrogen) atoms. The van der Waals surface area contributed by atoms with Crippen molar-refractivity contribution in [2.24, 2.45) is 0 Å². The quantitative estimate of drug-likeness (QED) is 0.565. The zero-order valence-electron chi connectivity index (χ0n) is 8.36. The summed E-state index contributed by atoms with van der Waals surface area (Å²) in [5, 5.41) is 10.1. The minimum absolute atomic E-state index is 0.00199. The van der Waals surface area contributed by atoms with Crippen LogP contribution in [0.3, 0.4) is 0 Å². The molecule has 0 unspecified atom stereocenters. The zero-order chi connectivity index (χ0) is 10.8. The standard InChI is InChI=1S/C9H7NOS.C2H6/c10-7-12-6-9(11)8-4-2-1-3-5-8;1-2/h1-5H,6H2;1-2H3. The number of thiocyanates is 1. The van der Waals surface area contributed by atoms with Gasteiger partial charge in [-0.1, -0.05) is 44.2 Å². The summed E-state index contributed by atoms with van der Waals surface area (Å²) in [7, 11) is 0. The average Bonchev–Trinajstić information content (AvgIpc) is 2.30. The van der Waals surface area contributed by atoms with Crippen molar-refractivity contribution >= 4 is 17.5 Å². The fourth-order valence-electron chi connectivity index (χ4n) is 0.805.